The van der Waals surface area contributed by atoms with Gasteiger partial charge in [0.25, 0.3) is 5.56 Å². The molecule has 5 nitrogen and oxygen atoms in total. The summed E-state index contributed by atoms with van der Waals surface area (Å²) in [6.45, 7) is 0. The smallest absolute Gasteiger partial charge is 0.300 e. The van der Waals surface area contributed by atoms with Crippen LogP contribution in [0, 0.1) is 17.2 Å². The molecule has 78 valence electrons. The van der Waals surface area contributed by atoms with E-state index in [0.29, 0.717) is 5.69 Å². The maximum absolute atomic E-state index is 11.6. The molecule has 1 aromatic heterocycles. The minimum atomic E-state index is -0.332. The van der Waals surface area contributed by atoms with Crippen LogP contribution >= 0.6 is 0 Å². The summed E-state index contributed by atoms with van der Waals surface area (Å²) in [5.41, 5.74) is 0.0347. The standard InChI is InChI=1S/C10H11N3O2/c1-12-8(7-3-6(7)5-11)4-9(14)13(2)10(12)15/h4,6-7H,3H2,1-2H3/t6-,7+/m0/s1. The zero-order chi connectivity index (χ0) is 11.2. The zero-order valence-corrected chi connectivity index (χ0v) is 8.60. The number of aromatic nitrogens is 2. The molecule has 1 fully saturated rings. The lowest BCUT2D eigenvalue weighted by molar-refractivity contribution is 0.647. The first-order chi connectivity index (χ1) is 7.06. The van der Waals surface area contributed by atoms with Gasteiger partial charge in [-0.25, -0.2) is 4.79 Å². The Balaban J connectivity index is 2.57. The fraction of sp³-hybridized carbons (Fsp3) is 0.500. The molecule has 0 radical (unpaired) electrons. The molecular formula is C10H11N3O2. The second kappa shape index (κ2) is 3.09. The highest BCUT2D eigenvalue weighted by Gasteiger charge is 2.40. The van der Waals surface area contributed by atoms with Gasteiger partial charge in [0.2, 0.25) is 0 Å². The third kappa shape index (κ3) is 1.38. The molecule has 2 atom stereocenters. The lowest BCUT2D eigenvalue weighted by Crippen LogP contribution is -2.37. The lowest BCUT2D eigenvalue weighted by atomic mass is 10.2. The van der Waals surface area contributed by atoms with Crippen molar-refractivity contribution in [3.63, 3.8) is 0 Å². The van der Waals surface area contributed by atoms with Crippen molar-refractivity contribution in [3.8, 4) is 6.07 Å². The van der Waals surface area contributed by atoms with Crippen molar-refractivity contribution in [1.29, 1.82) is 5.26 Å². The van der Waals surface area contributed by atoms with Crippen LogP contribution in [0.15, 0.2) is 15.7 Å². The van der Waals surface area contributed by atoms with E-state index in [2.05, 4.69) is 6.07 Å². The molecule has 1 aromatic rings. The van der Waals surface area contributed by atoms with Gasteiger partial charge in [0.05, 0.1) is 12.0 Å². The molecule has 5 heteroatoms. The van der Waals surface area contributed by atoms with Gasteiger partial charge in [0, 0.05) is 31.8 Å². The molecule has 1 aliphatic carbocycles. The van der Waals surface area contributed by atoms with Crippen molar-refractivity contribution in [2.45, 2.75) is 12.3 Å². The highest BCUT2D eigenvalue weighted by atomic mass is 16.2. The van der Waals surface area contributed by atoms with E-state index >= 15 is 0 Å². The van der Waals surface area contributed by atoms with Gasteiger partial charge in [0.1, 0.15) is 0 Å². The van der Waals surface area contributed by atoms with E-state index in [1.54, 1.807) is 7.05 Å². The van der Waals surface area contributed by atoms with Gasteiger partial charge < -0.3 is 4.57 Å². The summed E-state index contributed by atoms with van der Waals surface area (Å²) in [6, 6.07) is 3.59. The molecule has 2 rings (SSSR count). The summed E-state index contributed by atoms with van der Waals surface area (Å²) in [5.74, 6) is 0.0179. The minimum Gasteiger partial charge on any atom is -0.300 e. The molecule has 1 saturated carbocycles. The van der Waals surface area contributed by atoms with E-state index in [9.17, 15) is 9.59 Å². The number of rotatable bonds is 1. The molecular weight excluding hydrogens is 194 g/mol. The number of nitriles is 1. The third-order valence-electron chi connectivity index (χ3n) is 2.90. The Kier molecular flexibility index (Phi) is 2.00. The van der Waals surface area contributed by atoms with Crippen LogP contribution in [-0.2, 0) is 14.1 Å². The SMILES string of the molecule is Cn1c([C@@H]2C[C@H]2C#N)cc(=O)n(C)c1=O. The number of hydrogen-bond acceptors (Lipinski definition) is 3. The van der Waals surface area contributed by atoms with Gasteiger partial charge in [0.15, 0.2) is 0 Å². The van der Waals surface area contributed by atoms with Crippen LogP contribution in [0.1, 0.15) is 18.0 Å². The fourth-order valence-electron chi connectivity index (χ4n) is 1.77. The Morgan fingerprint density at radius 3 is 2.60 bits per heavy atom. The van der Waals surface area contributed by atoms with Crippen LogP contribution in [0.4, 0.5) is 0 Å². The summed E-state index contributed by atoms with van der Waals surface area (Å²) in [7, 11) is 3.08. The monoisotopic (exact) mass is 205 g/mol. The van der Waals surface area contributed by atoms with E-state index in [-0.39, 0.29) is 23.1 Å². The Morgan fingerprint density at radius 2 is 2.07 bits per heavy atom. The maximum Gasteiger partial charge on any atom is 0.330 e. The van der Waals surface area contributed by atoms with Gasteiger partial charge in [-0.05, 0) is 6.42 Å². The van der Waals surface area contributed by atoms with E-state index in [1.165, 1.54) is 17.7 Å². The quantitative estimate of drug-likeness (QED) is 0.632. The Labute approximate surface area is 86.2 Å². The van der Waals surface area contributed by atoms with Crippen molar-refractivity contribution in [3.05, 3.63) is 32.6 Å². The molecule has 1 aliphatic rings. The van der Waals surface area contributed by atoms with Crippen molar-refractivity contribution in [2.75, 3.05) is 0 Å². The number of hydrogen-bond donors (Lipinski definition) is 0. The average molecular weight is 205 g/mol. The molecule has 0 aromatic carbocycles. The van der Waals surface area contributed by atoms with Crippen molar-refractivity contribution < 1.29 is 0 Å². The van der Waals surface area contributed by atoms with E-state index in [0.717, 1.165) is 11.0 Å². The molecule has 0 aliphatic heterocycles. The summed E-state index contributed by atoms with van der Waals surface area (Å²) in [6.07, 6.45) is 0.747. The summed E-state index contributed by atoms with van der Waals surface area (Å²) < 4.78 is 2.51. The van der Waals surface area contributed by atoms with Crippen molar-refractivity contribution in [2.24, 2.45) is 20.0 Å². The highest BCUT2D eigenvalue weighted by molar-refractivity contribution is 5.22. The molecule has 0 saturated heterocycles. The second-order valence-corrected chi connectivity index (χ2v) is 3.89. The van der Waals surface area contributed by atoms with Crippen LogP contribution in [0.3, 0.4) is 0 Å². The zero-order valence-electron chi connectivity index (χ0n) is 8.60. The van der Waals surface area contributed by atoms with Crippen molar-refractivity contribution >= 4 is 0 Å². The van der Waals surface area contributed by atoms with Gasteiger partial charge in [-0.15, -0.1) is 0 Å². The van der Waals surface area contributed by atoms with E-state index < -0.39 is 0 Å². The first kappa shape index (κ1) is 9.71. The van der Waals surface area contributed by atoms with E-state index in [4.69, 9.17) is 5.26 Å². The van der Waals surface area contributed by atoms with E-state index in [1.807, 2.05) is 0 Å². The van der Waals surface area contributed by atoms with Gasteiger partial charge >= 0.3 is 5.69 Å². The summed E-state index contributed by atoms with van der Waals surface area (Å²) >= 11 is 0. The normalized spacial score (nSPS) is 23.5. The molecule has 15 heavy (non-hydrogen) atoms. The summed E-state index contributed by atoms with van der Waals surface area (Å²) in [4.78, 5) is 23.0. The molecule has 0 spiro atoms. The Hall–Kier alpha value is -1.83. The molecule has 0 bridgehead atoms. The summed E-state index contributed by atoms with van der Waals surface area (Å²) in [5, 5.41) is 8.70. The largest absolute Gasteiger partial charge is 0.330 e. The lowest BCUT2D eigenvalue weighted by Gasteiger charge is -2.07. The minimum absolute atomic E-state index is 0.0392. The van der Waals surface area contributed by atoms with Gasteiger partial charge in [-0.2, -0.15) is 5.26 Å². The van der Waals surface area contributed by atoms with Crippen LogP contribution in [0.25, 0.3) is 0 Å². The van der Waals surface area contributed by atoms with Crippen molar-refractivity contribution in [1.82, 2.24) is 9.13 Å². The highest BCUT2D eigenvalue weighted by Crippen LogP contribution is 2.45. The van der Waals surface area contributed by atoms with Gasteiger partial charge in [-0.3, -0.25) is 9.36 Å². The topological polar surface area (TPSA) is 67.8 Å². The number of nitrogens with zero attached hydrogens (tertiary/aromatic N) is 3. The fourth-order valence-corrected chi connectivity index (χ4v) is 1.77. The van der Waals surface area contributed by atoms with Crippen LogP contribution in [0.2, 0.25) is 0 Å². The second-order valence-electron chi connectivity index (χ2n) is 3.89. The Bertz CT molecular complexity index is 562. The van der Waals surface area contributed by atoms with Crippen LogP contribution in [-0.4, -0.2) is 9.13 Å². The Morgan fingerprint density at radius 1 is 1.40 bits per heavy atom. The molecule has 0 N–H and O–H groups in total. The molecule has 0 amide bonds. The third-order valence-corrected chi connectivity index (χ3v) is 2.90. The predicted octanol–water partition coefficient (Wildman–Crippen LogP) is -0.289. The molecule has 0 unspecified atom stereocenters. The first-order valence-corrected chi connectivity index (χ1v) is 4.73. The maximum atomic E-state index is 11.6. The predicted molar refractivity (Wildman–Crippen MR) is 53.4 cm³/mol. The molecule has 1 heterocycles. The van der Waals surface area contributed by atoms with Crippen LogP contribution < -0.4 is 11.2 Å². The van der Waals surface area contributed by atoms with Crippen LogP contribution in [0.5, 0.6) is 0 Å². The first-order valence-electron chi connectivity index (χ1n) is 4.73. The van der Waals surface area contributed by atoms with Gasteiger partial charge in [-0.1, -0.05) is 0 Å². The average Bonchev–Trinajstić information content (AvgIpc) is 2.99.